The van der Waals surface area contributed by atoms with E-state index in [1.807, 2.05) is 84.9 Å². The summed E-state index contributed by atoms with van der Waals surface area (Å²) in [6.45, 7) is 4.89. The van der Waals surface area contributed by atoms with Crippen molar-refractivity contribution in [3.05, 3.63) is 131 Å². The van der Waals surface area contributed by atoms with Gasteiger partial charge in [-0.3, -0.25) is 9.59 Å². The molecule has 0 unspecified atom stereocenters. The van der Waals surface area contributed by atoms with Gasteiger partial charge in [-0.1, -0.05) is 79.7 Å². The first-order valence-electron chi connectivity index (χ1n) is 16.7. The molecule has 3 aliphatic heterocycles. The molecule has 3 saturated heterocycles. The Hall–Kier alpha value is -4.54. The third-order valence-electron chi connectivity index (χ3n) is 10.1. The molecule has 4 aromatic carbocycles. The molecule has 0 bridgehead atoms. The number of aliphatic hydroxyl groups excluding tert-OH is 1. The number of aliphatic hydroxyl groups is 1. The largest absolute Gasteiger partial charge is 0.392 e. The zero-order valence-electron chi connectivity index (χ0n) is 27.1. The summed E-state index contributed by atoms with van der Waals surface area (Å²) in [5.74, 6) is -0.0581. The summed E-state index contributed by atoms with van der Waals surface area (Å²) < 4.78 is 13.4. The van der Waals surface area contributed by atoms with E-state index in [9.17, 15) is 14.7 Å². The molecule has 3 heterocycles. The quantitative estimate of drug-likeness (QED) is 0.227. The van der Waals surface area contributed by atoms with Crippen LogP contribution in [0.4, 0.5) is 11.4 Å². The molecular formula is C39H42N4O5. The number of benzene rings is 4. The van der Waals surface area contributed by atoms with Crippen molar-refractivity contribution < 1.29 is 24.2 Å². The van der Waals surface area contributed by atoms with E-state index in [-0.39, 0.29) is 36.5 Å². The molecule has 9 nitrogen and oxygen atoms in total. The van der Waals surface area contributed by atoms with E-state index in [4.69, 9.17) is 9.47 Å². The first kappa shape index (κ1) is 32.0. The molecule has 4 atom stereocenters. The van der Waals surface area contributed by atoms with Gasteiger partial charge in [-0.05, 0) is 60.4 Å². The highest BCUT2D eigenvalue weighted by Crippen LogP contribution is 2.43. The number of likely N-dealkylation sites (tertiary alicyclic amines) is 1. The summed E-state index contributed by atoms with van der Waals surface area (Å²) in [4.78, 5) is 30.8. The van der Waals surface area contributed by atoms with Gasteiger partial charge in [0.15, 0.2) is 6.29 Å². The average molecular weight is 647 g/mol. The number of hydrogen-bond donors (Lipinski definition) is 3. The predicted octanol–water partition coefficient (Wildman–Crippen LogP) is 5.65. The van der Waals surface area contributed by atoms with Crippen molar-refractivity contribution in [1.29, 1.82) is 0 Å². The fraction of sp³-hybridized carbons (Fsp3) is 0.333. The van der Waals surface area contributed by atoms with Crippen LogP contribution >= 0.6 is 0 Å². The van der Waals surface area contributed by atoms with Gasteiger partial charge < -0.3 is 35.0 Å². The van der Waals surface area contributed by atoms with Crippen molar-refractivity contribution in [3.63, 3.8) is 0 Å². The zero-order chi connectivity index (χ0) is 33.1. The van der Waals surface area contributed by atoms with Crippen LogP contribution in [0.5, 0.6) is 0 Å². The van der Waals surface area contributed by atoms with Gasteiger partial charge in [0.2, 0.25) is 5.91 Å². The van der Waals surface area contributed by atoms with Crippen LogP contribution in [-0.4, -0.2) is 59.8 Å². The normalized spacial score (nSPS) is 24.0. The lowest BCUT2D eigenvalue weighted by Gasteiger charge is -2.46. The van der Waals surface area contributed by atoms with Gasteiger partial charge in [-0.15, -0.1) is 0 Å². The highest BCUT2D eigenvalue weighted by atomic mass is 16.7. The Morgan fingerprint density at radius 1 is 0.896 bits per heavy atom. The van der Waals surface area contributed by atoms with Crippen LogP contribution in [-0.2, 0) is 20.9 Å². The van der Waals surface area contributed by atoms with Gasteiger partial charge in [0.25, 0.3) is 5.91 Å². The Bertz CT molecular complexity index is 1710. The maximum absolute atomic E-state index is 13.2. The summed E-state index contributed by atoms with van der Waals surface area (Å²) in [5, 5.41) is 15.7. The van der Waals surface area contributed by atoms with Crippen LogP contribution in [0.1, 0.15) is 59.2 Å². The lowest BCUT2D eigenvalue weighted by Crippen LogP contribution is -2.57. The number of anilines is 2. The second-order valence-electron chi connectivity index (χ2n) is 13.0. The van der Waals surface area contributed by atoms with E-state index in [0.717, 1.165) is 48.3 Å². The Balaban J connectivity index is 1.10. The Labute approximate surface area is 281 Å². The summed E-state index contributed by atoms with van der Waals surface area (Å²) in [6.07, 6.45) is 0.376. The van der Waals surface area contributed by atoms with Crippen molar-refractivity contribution in [2.45, 2.75) is 50.4 Å². The highest BCUT2D eigenvalue weighted by molar-refractivity contribution is 6.04. The molecule has 9 heteroatoms. The zero-order valence-corrected chi connectivity index (χ0v) is 27.1. The summed E-state index contributed by atoms with van der Waals surface area (Å²) in [7, 11) is 0. The van der Waals surface area contributed by atoms with E-state index < -0.39 is 11.8 Å². The number of nitrogens with one attached hydrogen (secondary N) is 2. The Kier molecular flexibility index (Phi) is 9.28. The van der Waals surface area contributed by atoms with Gasteiger partial charge in [0, 0.05) is 48.1 Å². The first-order valence-corrected chi connectivity index (χ1v) is 16.7. The Morgan fingerprint density at radius 3 is 2.31 bits per heavy atom. The van der Waals surface area contributed by atoms with Gasteiger partial charge in [-0.25, -0.2) is 0 Å². The second kappa shape index (κ2) is 13.9. The first-order chi connectivity index (χ1) is 23.4. The van der Waals surface area contributed by atoms with Gasteiger partial charge >= 0.3 is 0 Å². The van der Waals surface area contributed by atoms with E-state index in [0.29, 0.717) is 24.5 Å². The molecule has 3 aliphatic rings. The molecule has 248 valence electrons. The minimum Gasteiger partial charge on any atom is -0.392 e. The molecule has 48 heavy (non-hydrogen) atoms. The smallest absolute Gasteiger partial charge is 0.255 e. The van der Waals surface area contributed by atoms with Crippen molar-refractivity contribution in [1.82, 2.24) is 10.2 Å². The monoisotopic (exact) mass is 646 g/mol. The third kappa shape index (κ3) is 6.47. The van der Waals surface area contributed by atoms with Crippen LogP contribution in [0, 0.1) is 5.92 Å². The maximum atomic E-state index is 13.2. The number of rotatable bonds is 8. The number of carbonyl (C=O) groups is 2. The average Bonchev–Trinajstić information content (AvgIpc) is 3.45. The molecule has 4 aromatic rings. The molecule has 0 saturated carbocycles. The molecule has 3 fully saturated rings. The summed E-state index contributed by atoms with van der Waals surface area (Å²) in [6, 6.07) is 34.8. The highest BCUT2D eigenvalue weighted by Gasteiger charge is 2.51. The molecule has 0 aromatic heterocycles. The fourth-order valence-electron chi connectivity index (χ4n) is 7.28. The van der Waals surface area contributed by atoms with E-state index in [1.54, 1.807) is 12.1 Å². The van der Waals surface area contributed by atoms with E-state index in [1.165, 1.54) is 0 Å². The third-order valence-corrected chi connectivity index (χ3v) is 10.1. The minimum atomic E-state index is -0.660. The van der Waals surface area contributed by atoms with Crippen LogP contribution in [0.15, 0.2) is 109 Å². The van der Waals surface area contributed by atoms with Crippen molar-refractivity contribution >= 4 is 23.2 Å². The molecule has 0 radical (unpaired) electrons. The maximum Gasteiger partial charge on any atom is 0.255 e. The van der Waals surface area contributed by atoms with Crippen molar-refractivity contribution in [2.75, 3.05) is 36.5 Å². The molecule has 2 amide bonds. The van der Waals surface area contributed by atoms with E-state index in [2.05, 4.69) is 39.5 Å². The van der Waals surface area contributed by atoms with Crippen LogP contribution in [0.2, 0.25) is 0 Å². The predicted molar refractivity (Wildman–Crippen MR) is 184 cm³/mol. The lowest BCUT2D eigenvalue weighted by atomic mass is 9.84. The number of carbonyl (C=O) groups excluding carboxylic acids is 2. The van der Waals surface area contributed by atoms with E-state index >= 15 is 0 Å². The summed E-state index contributed by atoms with van der Waals surface area (Å²) >= 11 is 0. The molecule has 0 aliphatic carbocycles. The fourth-order valence-corrected chi connectivity index (χ4v) is 7.28. The topological polar surface area (TPSA) is 103 Å². The Morgan fingerprint density at radius 2 is 1.60 bits per heavy atom. The SMILES string of the molecule is C[C@H]1[C@@H](CN2CCC3(CC2)C(=O)NCN3c2ccccc2)O[C@@H](c2cccc(NC(=O)c3ccccc3)c2)O[C@H]1c1ccc(CO)cc1. The number of ether oxygens (including phenoxy) is 2. The van der Waals surface area contributed by atoms with Crippen LogP contribution in [0.25, 0.3) is 0 Å². The lowest BCUT2D eigenvalue weighted by molar-refractivity contribution is -0.276. The van der Waals surface area contributed by atoms with Crippen molar-refractivity contribution in [3.8, 4) is 0 Å². The minimum absolute atomic E-state index is 0.0204. The molecule has 1 spiro atoms. The van der Waals surface area contributed by atoms with Gasteiger partial charge in [-0.2, -0.15) is 0 Å². The molecule has 7 rings (SSSR count). The van der Waals surface area contributed by atoms with Crippen LogP contribution in [0.3, 0.4) is 0 Å². The van der Waals surface area contributed by atoms with Crippen molar-refractivity contribution in [2.24, 2.45) is 5.92 Å². The second-order valence-corrected chi connectivity index (χ2v) is 13.0. The number of piperidine rings is 1. The van der Waals surface area contributed by atoms with Gasteiger partial charge in [0.05, 0.1) is 25.5 Å². The number of nitrogens with zero attached hydrogens (tertiary/aromatic N) is 2. The molecular weight excluding hydrogens is 604 g/mol. The number of hydrogen-bond acceptors (Lipinski definition) is 7. The number of amides is 2. The molecule has 3 N–H and O–H groups in total. The summed E-state index contributed by atoms with van der Waals surface area (Å²) in [5.41, 5.74) is 4.43. The van der Waals surface area contributed by atoms with Crippen LogP contribution < -0.4 is 15.5 Å². The van der Waals surface area contributed by atoms with Gasteiger partial charge in [0.1, 0.15) is 5.54 Å². The number of para-hydroxylation sites is 1. The standard InChI is InChI=1S/C39H42N4O5/c1-27-34(24-42-21-19-39(20-22-42)38(46)40-26-43(39)33-13-6-3-7-14-33)47-37(48-35(27)29-17-15-28(25-44)16-18-29)31-11-8-12-32(23-31)41-36(45)30-9-4-2-5-10-30/h2-18,23,27,34-35,37,44H,19-22,24-26H2,1H3,(H,40,46)(H,41,45)/t27-,34+,35+,37+/m0/s1.